The Bertz CT molecular complexity index is 2720. The minimum Gasteiger partial charge on any atom is -0.380 e. The van der Waals surface area contributed by atoms with Gasteiger partial charge in [-0.3, -0.25) is 14.6 Å². The number of anilines is 2. The average Bonchev–Trinajstić information content (AvgIpc) is 3.30. The van der Waals surface area contributed by atoms with E-state index in [-0.39, 0.29) is 36.4 Å². The number of piperazine rings is 1. The molecular formula is C47H51Cl3F3N5O6S3. The monoisotopic (exact) mass is 1040 g/mol. The van der Waals surface area contributed by atoms with Crippen molar-refractivity contribution in [2.24, 2.45) is 0 Å². The number of fused-ring (bicyclic) bond motifs is 3. The molecule has 360 valence electrons. The van der Waals surface area contributed by atoms with E-state index >= 15 is 0 Å². The van der Waals surface area contributed by atoms with Crippen LogP contribution in [-0.4, -0.2) is 108 Å². The van der Waals surface area contributed by atoms with Crippen molar-refractivity contribution in [2.45, 2.75) is 58.1 Å². The van der Waals surface area contributed by atoms with Gasteiger partial charge in [0, 0.05) is 84.8 Å². The average molecular weight is 1040 g/mol. The molecule has 2 atom stereocenters. The van der Waals surface area contributed by atoms with E-state index in [0.717, 1.165) is 72.0 Å². The van der Waals surface area contributed by atoms with Gasteiger partial charge in [-0.25, -0.2) is 21.6 Å². The van der Waals surface area contributed by atoms with Gasteiger partial charge in [-0.05, 0) is 102 Å². The smallest absolute Gasteiger partial charge is 0.380 e. The molecule has 3 aliphatic heterocycles. The molecular weight excluding hydrogens is 990 g/mol. The summed E-state index contributed by atoms with van der Waals surface area (Å²) in [5.74, 6) is -0.628. The van der Waals surface area contributed by atoms with Crippen LogP contribution < -0.4 is 14.9 Å². The van der Waals surface area contributed by atoms with Crippen LogP contribution in [0.5, 0.6) is 0 Å². The van der Waals surface area contributed by atoms with Gasteiger partial charge in [-0.15, -0.1) is 36.6 Å². The number of halogens is 6. The normalized spacial score (nSPS) is 17.3. The molecule has 0 bridgehead atoms. The molecule has 1 amide bonds. The summed E-state index contributed by atoms with van der Waals surface area (Å²) in [5.41, 5.74) is -0.798. The molecule has 2 fully saturated rings. The second-order valence-electron chi connectivity index (χ2n) is 16.4. The van der Waals surface area contributed by atoms with E-state index in [1.165, 1.54) is 23.4 Å². The molecule has 0 unspecified atom stereocenters. The van der Waals surface area contributed by atoms with Gasteiger partial charge in [0.2, 0.25) is 0 Å². The van der Waals surface area contributed by atoms with Crippen LogP contribution in [0.4, 0.5) is 24.5 Å². The fourth-order valence-electron chi connectivity index (χ4n) is 8.64. The van der Waals surface area contributed by atoms with Gasteiger partial charge in [0.15, 0.2) is 0 Å². The van der Waals surface area contributed by atoms with Gasteiger partial charge in [0.1, 0.15) is 4.90 Å². The topological polar surface area (TPSA) is 128 Å². The first-order valence-corrected chi connectivity index (χ1v) is 25.7. The minimum atomic E-state index is -6.06. The van der Waals surface area contributed by atoms with Crippen molar-refractivity contribution in [3.05, 3.63) is 137 Å². The van der Waals surface area contributed by atoms with E-state index in [2.05, 4.69) is 32.1 Å². The maximum atomic E-state index is 14.2. The van der Waals surface area contributed by atoms with Crippen LogP contribution in [-0.2, 0) is 37.6 Å². The Balaban J connectivity index is 0.00000370. The molecule has 0 spiro atoms. The fourth-order valence-corrected chi connectivity index (χ4v) is 11.8. The molecule has 0 radical (unpaired) electrons. The number of hydrogen-bond donors (Lipinski definition) is 2. The van der Waals surface area contributed by atoms with E-state index in [1.54, 1.807) is 12.1 Å². The van der Waals surface area contributed by atoms with Crippen molar-refractivity contribution >= 4 is 85.3 Å². The van der Waals surface area contributed by atoms with Crippen molar-refractivity contribution < 1.29 is 39.5 Å². The Hall–Kier alpha value is -4.04. The number of alkyl halides is 3. The Morgan fingerprint density at radius 3 is 2.28 bits per heavy atom. The van der Waals surface area contributed by atoms with E-state index in [1.807, 2.05) is 71.5 Å². The molecule has 0 aromatic heterocycles. The summed E-state index contributed by atoms with van der Waals surface area (Å²) in [6, 6.07) is 32.7. The highest BCUT2D eigenvalue weighted by Crippen LogP contribution is 2.38. The number of carbonyl (C=O) groups excluding carboxylic acids is 1. The van der Waals surface area contributed by atoms with Crippen LogP contribution >= 0.6 is 48.2 Å². The van der Waals surface area contributed by atoms with Crippen LogP contribution in [0.15, 0.2) is 130 Å². The Kier molecular flexibility index (Phi) is 17.6. The number of rotatable bonds is 15. The number of morpholine rings is 1. The lowest BCUT2D eigenvalue weighted by Crippen LogP contribution is -2.54. The first-order chi connectivity index (χ1) is 31.1. The number of aryl methyl sites for hydroxylation is 1. The van der Waals surface area contributed by atoms with Crippen molar-refractivity contribution in [2.75, 3.05) is 68.5 Å². The number of hydrogen-bond acceptors (Lipinski definition) is 11. The molecule has 11 nitrogen and oxygen atoms in total. The number of carbonyl (C=O) groups is 1. The molecule has 20 heteroatoms. The highest BCUT2D eigenvalue weighted by atomic mass is 35.5. The predicted molar refractivity (Wildman–Crippen MR) is 263 cm³/mol. The first-order valence-electron chi connectivity index (χ1n) is 21.4. The van der Waals surface area contributed by atoms with Crippen molar-refractivity contribution in [3.63, 3.8) is 0 Å². The van der Waals surface area contributed by atoms with Crippen LogP contribution in [0.3, 0.4) is 0 Å². The fraction of sp³-hybridized carbons (Fsp3) is 0.340. The summed E-state index contributed by atoms with van der Waals surface area (Å²) in [6.07, 6.45) is 1.89. The largest absolute Gasteiger partial charge is 0.501 e. The molecule has 67 heavy (non-hydrogen) atoms. The quantitative estimate of drug-likeness (QED) is 0.0975. The number of benzene rings is 5. The third-order valence-electron chi connectivity index (χ3n) is 12.1. The highest BCUT2D eigenvalue weighted by molar-refractivity contribution is 7.99. The lowest BCUT2D eigenvalue weighted by atomic mass is 9.92. The zero-order valence-electron chi connectivity index (χ0n) is 36.2. The molecule has 0 saturated carbocycles. The second-order valence-corrected chi connectivity index (χ2v) is 21.5. The lowest BCUT2D eigenvalue weighted by molar-refractivity contribution is -0.0435. The summed E-state index contributed by atoms with van der Waals surface area (Å²) in [6.45, 7) is 6.17. The predicted octanol–water partition coefficient (Wildman–Crippen LogP) is 9.19. The van der Waals surface area contributed by atoms with E-state index in [0.29, 0.717) is 62.5 Å². The lowest BCUT2D eigenvalue weighted by Gasteiger charge is -2.46. The summed E-state index contributed by atoms with van der Waals surface area (Å²) in [4.78, 5) is 19.3. The molecule has 5 aromatic carbocycles. The van der Waals surface area contributed by atoms with Crippen LogP contribution in [0.25, 0.3) is 11.1 Å². The van der Waals surface area contributed by atoms with Crippen molar-refractivity contribution in [1.82, 2.24) is 14.5 Å². The van der Waals surface area contributed by atoms with Crippen LogP contribution in [0.2, 0.25) is 5.02 Å². The van der Waals surface area contributed by atoms with Crippen molar-refractivity contribution in [1.29, 1.82) is 0 Å². The third-order valence-corrected chi connectivity index (χ3v) is 16.3. The Morgan fingerprint density at radius 2 is 1.55 bits per heavy atom. The highest BCUT2D eigenvalue weighted by Gasteiger charge is 2.48. The number of ether oxygens (including phenoxy) is 1. The second kappa shape index (κ2) is 22.6. The molecule has 2 N–H and O–H groups in total. The zero-order valence-corrected chi connectivity index (χ0v) is 41.0. The van der Waals surface area contributed by atoms with E-state index in [9.17, 15) is 34.8 Å². The van der Waals surface area contributed by atoms with Gasteiger partial charge >= 0.3 is 5.51 Å². The standard InChI is InChI=1S/C47H49ClF3N5O6S3.2ClH/c48-37-14-10-33(11-15-37)42-9-5-4-6-36(42)30-55-22-23-56-39(31-55)16-12-34-28-35(13-19-44(34)56)46(57)53-65(60,61)41-17-18-43(45(29-41)64(58,59)47(49,50)51)52-38(20-21-54-24-26-62-27-25-54)32-63-40-7-2-1-3-8-40;;/h1-11,13-15,17-19,28-29,38-39,52H,12,16,20-27,30-32H2,(H,53,57);2*1H/t38-,39-;;/m1../s1. The molecule has 5 aromatic rings. The van der Waals surface area contributed by atoms with Gasteiger partial charge in [0.05, 0.1) is 23.8 Å². The molecule has 2 saturated heterocycles. The number of amides is 1. The summed E-state index contributed by atoms with van der Waals surface area (Å²) in [5, 5.41) is 3.68. The van der Waals surface area contributed by atoms with Gasteiger partial charge in [0.25, 0.3) is 25.8 Å². The summed E-state index contributed by atoms with van der Waals surface area (Å²) in [7, 11) is -10.9. The van der Waals surface area contributed by atoms with E-state index in [4.69, 9.17) is 16.3 Å². The summed E-state index contributed by atoms with van der Waals surface area (Å²) >= 11 is 7.60. The SMILES string of the molecule is Cl.Cl.O=C(NS(=O)(=O)c1ccc(N[C@H](CCN2CCOCC2)CSc2ccccc2)c(S(=O)(=O)C(F)(F)F)c1)c1ccc2c(c1)CC[C@@H]1CN(Cc3ccccc3-c3ccc(Cl)cc3)CCN21. The van der Waals surface area contributed by atoms with E-state index < -0.39 is 52.8 Å². The van der Waals surface area contributed by atoms with Gasteiger partial charge in [-0.2, -0.15) is 13.2 Å². The Labute approximate surface area is 411 Å². The summed E-state index contributed by atoms with van der Waals surface area (Å²) < 4.78 is 104. The maximum Gasteiger partial charge on any atom is 0.501 e. The maximum absolute atomic E-state index is 14.2. The minimum absolute atomic E-state index is 0. The van der Waals surface area contributed by atoms with Crippen LogP contribution in [0.1, 0.15) is 34.3 Å². The number of sulfonamides is 1. The molecule has 3 heterocycles. The molecule has 8 rings (SSSR count). The van der Waals surface area contributed by atoms with Crippen molar-refractivity contribution in [3.8, 4) is 11.1 Å². The third kappa shape index (κ3) is 12.6. The Morgan fingerprint density at radius 1 is 0.836 bits per heavy atom. The molecule has 0 aliphatic carbocycles. The number of nitrogens with one attached hydrogen (secondary N) is 2. The number of sulfone groups is 1. The number of thioether (sulfide) groups is 1. The van der Waals surface area contributed by atoms with Gasteiger partial charge in [-0.1, -0.05) is 66.2 Å². The van der Waals surface area contributed by atoms with Crippen LogP contribution in [0, 0.1) is 0 Å². The molecule has 3 aliphatic rings. The number of nitrogens with zero attached hydrogens (tertiary/aromatic N) is 3. The first kappa shape index (κ1) is 52.3. The zero-order chi connectivity index (χ0) is 45.8. The van der Waals surface area contributed by atoms with Gasteiger partial charge < -0.3 is 15.0 Å².